The molecule has 0 aliphatic rings. The van der Waals surface area contributed by atoms with Gasteiger partial charge in [0, 0.05) is 5.69 Å². The summed E-state index contributed by atoms with van der Waals surface area (Å²) in [6, 6.07) is 8.70. The zero-order chi connectivity index (χ0) is 17.7. The van der Waals surface area contributed by atoms with E-state index in [0.29, 0.717) is 5.56 Å². The smallest absolute Gasteiger partial charge is 0.262 e. The van der Waals surface area contributed by atoms with Crippen molar-refractivity contribution in [3.05, 3.63) is 57.1 Å². The number of amides is 1. The van der Waals surface area contributed by atoms with Crippen molar-refractivity contribution in [1.29, 1.82) is 0 Å². The first kappa shape index (κ1) is 18.1. The van der Waals surface area contributed by atoms with Gasteiger partial charge in [-0.2, -0.15) is 0 Å². The molecule has 0 saturated carbocycles. The first-order valence-corrected chi connectivity index (χ1v) is 7.83. The summed E-state index contributed by atoms with van der Waals surface area (Å²) in [5, 5.41) is 14.7. The van der Waals surface area contributed by atoms with Crippen LogP contribution in [0.1, 0.15) is 16.7 Å². The lowest BCUT2D eigenvalue weighted by atomic mass is 10.1. The minimum absolute atomic E-state index is 0.199. The van der Waals surface area contributed by atoms with E-state index in [0.717, 1.165) is 16.8 Å². The van der Waals surface area contributed by atoms with Crippen molar-refractivity contribution >= 4 is 41.0 Å². The van der Waals surface area contributed by atoms with Crippen LogP contribution < -0.4 is 10.1 Å². The zero-order valence-corrected chi connectivity index (χ0v) is 14.6. The number of carbonyl (C=O) groups excluding carboxylic acids is 1. The van der Waals surface area contributed by atoms with Crippen LogP contribution in [0.15, 0.2) is 35.5 Å². The molecule has 0 atom stereocenters. The van der Waals surface area contributed by atoms with Crippen LogP contribution in [-0.4, -0.2) is 23.9 Å². The maximum atomic E-state index is 12.1. The molecule has 2 aromatic rings. The Morgan fingerprint density at radius 2 is 1.96 bits per heavy atom. The summed E-state index contributed by atoms with van der Waals surface area (Å²) in [5.41, 5.74) is 3.32. The van der Waals surface area contributed by atoms with Crippen molar-refractivity contribution in [2.24, 2.45) is 5.16 Å². The summed E-state index contributed by atoms with van der Waals surface area (Å²) >= 11 is 12.2. The predicted molar refractivity (Wildman–Crippen MR) is 95.9 cm³/mol. The number of anilines is 1. The molecule has 0 fully saturated rings. The average Bonchev–Trinajstić information content (AvgIpc) is 2.51. The number of rotatable bonds is 5. The standard InChI is InChI=1S/C17H16Cl2N2O3/c1-10-4-3-5-15(11(10)2)21-16(22)9-24-17-13(18)6-12(8-20-23)7-14(17)19/h3-8,23H,9H2,1-2H3,(H,21,22)/b20-8+. The maximum Gasteiger partial charge on any atom is 0.262 e. The fourth-order valence-electron chi connectivity index (χ4n) is 2.07. The van der Waals surface area contributed by atoms with Gasteiger partial charge in [-0.25, -0.2) is 0 Å². The van der Waals surface area contributed by atoms with Gasteiger partial charge in [0.25, 0.3) is 5.91 Å². The molecule has 2 aromatic carbocycles. The molecule has 1 amide bonds. The Balaban J connectivity index is 2.05. The molecule has 0 aromatic heterocycles. The normalized spacial score (nSPS) is 10.8. The van der Waals surface area contributed by atoms with E-state index in [9.17, 15) is 4.79 Å². The number of ether oxygens (including phenoxy) is 1. The molecule has 0 radical (unpaired) electrons. The van der Waals surface area contributed by atoms with E-state index in [1.807, 2.05) is 32.0 Å². The summed E-state index contributed by atoms with van der Waals surface area (Å²) < 4.78 is 5.42. The third kappa shape index (κ3) is 4.40. The Hall–Kier alpha value is -2.24. The van der Waals surface area contributed by atoms with Gasteiger partial charge >= 0.3 is 0 Å². The van der Waals surface area contributed by atoms with Gasteiger partial charge in [-0.3, -0.25) is 4.79 Å². The Morgan fingerprint density at radius 3 is 2.58 bits per heavy atom. The number of carbonyl (C=O) groups is 1. The van der Waals surface area contributed by atoms with Gasteiger partial charge in [0.1, 0.15) is 0 Å². The van der Waals surface area contributed by atoms with E-state index >= 15 is 0 Å². The summed E-state index contributed by atoms with van der Waals surface area (Å²) in [6.45, 7) is 3.67. The second-order valence-electron chi connectivity index (χ2n) is 5.14. The third-order valence-corrected chi connectivity index (χ3v) is 4.02. The fraction of sp³-hybridized carbons (Fsp3) is 0.176. The van der Waals surface area contributed by atoms with Crippen LogP contribution in [0.4, 0.5) is 5.69 Å². The summed E-state index contributed by atoms with van der Waals surface area (Å²) in [6.07, 6.45) is 1.19. The van der Waals surface area contributed by atoms with E-state index in [2.05, 4.69) is 10.5 Å². The predicted octanol–water partition coefficient (Wildman–Crippen LogP) is 4.44. The molecule has 126 valence electrons. The molecule has 2 N–H and O–H groups in total. The van der Waals surface area contributed by atoms with Crippen molar-refractivity contribution < 1.29 is 14.7 Å². The highest BCUT2D eigenvalue weighted by atomic mass is 35.5. The van der Waals surface area contributed by atoms with Crippen molar-refractivity contribution in [2.45, 2.75) is 13.8 Å². The van der Waals surface area contributed by atoms with Gasteiger partial charge < -0.3 is 15.3 Å². The quantitative estimate of drug-likeness (QED) is 0.466. The molecular weight excluding hydrogens is 351 g/mol. The second-order valence-corrected chi connectivity index (χ2v) is 5.96. The lowest BCUT2D eigenvalue weighted by molar-refractivity contribution is -0.118. The zero-order valence-electron chi connectivity index (χ0n) is 13.1. The van der Waals surface area contributed by atoms with Crippen LogP contribution in [0.3, 0.4) is 0 Å². The molecule has 0 aliphatic carbocycles. The van der Waals surface area contributed by atoms with E-state index in [4.69, 9.17) is 33.1 Å². The van der Waals surface area contributed by atoms with Crippen LogP contribution in [0.5, 0.6) is 5.75 Å². The van der Waals surface area contributed by atoms with Gasteiger partial charge in [-0.1, -0.05) is 40.5 Å². The Kier molecular flexibility index (Phi) is 6.06. The molecular formula is C17H16Cl2N2O3. The Bertz CT molecular complexity index is 768. The lowest BCUT2D eigenvalue weighted by Gasteiger charge is -2.13. The number of aryl methyl sites for hydroxylation is 1. The van der Waals surface area contributed by atoms with Crippen LogP contribution >= 0.6 is 23.2 Å². The summed E-state index contributed by atoms with van der Waals surface area (Å²) in [5.74, 6) is -0.124. The molecule has 0 spiro atoms. The van der Waals surface area contributed by atoms with Crippen LogP contribution in [0, 0.1) is 13.8 Å². The highest BCUT2D eigenvalue weighted by molar-refractivity contribution is 6.37. The first-order chi connectivity index (χ1) is 11.4. The number of nitrogens with zero attached hydrogens (tertiary/aromatic N) is 1. The van der Waals surface area contributed by atoms with E-state index in [1.54, 1.807) is 0 Å². The van der Waals surface area contributed by atoms with Crippen LogP contribution in [-0.2, 0) is 4.79 Å². The largest absolute Gasteiger partial charge is 0.481 e. The topological polar surface area (TPSA) is 70.9 Å². The number of halogens is 2. The monoisotopic (exact) mass is 366 g/mol. The van der Waals surface area contributed by atoms with Gasteiger partial charge in [0.15, 0.2) is 12.4 Å². The average molecular weight is 367 g/mol. The molecule has 5 nitrogen and oxygen atoms in total. The van der Waals surface area contributed by atoms with Gasteiger partial charge in [0.05, 0.1) is 16.3 Å². The minimum Gasteiger partial charge on any atom is -0.481 e. The molecule has 7 heteroatoms. The number of nitrogens with one attached hydrogen (secondary N) is 1. The molecule has 2 rings (SSSR count). The van der Waals surface area contributed by atoms with E-state index < -0.39 is 0 Å². The fourth-order valence-corrected chi connectivity index (χ4v) is 2.68. The minimum atomic E-state index is -0.322. The van der Waals surface area contributed by atoms with Gasteiger partial charge in [-0.15, -0.1) is 0 Å². The Morgan fingerprint density at radius 1 is 1.29 bits per heavy atom. The highest BCUT2D eigenvalue weighted by Gasteiger charge is 2.12. The van der Waals surface area contributed by atoms with Gasteiger partial charge in [-0.05, 0) is 48.7 Å². The van der Waals surface area contributed by atoms with Crippen LogP contribution in [0.25, 0.3) is 0 Å². The molecule has 0 saturated heterocycles. The van der Waals surface area contributed by atoms with E-state index in [1.165, 1.54) is 18.3 Å². The molecule has 0 heterocycles. The molecule has 0 bridgehead atoms. The molecule has 0 aliphatic heterocycles. The molecule has 24 heavy (non-hydrogen) atoms. The van der Waals surface area contributed by atoms with Crippen molar-refractivity contribution in [3.8, 4) is 5.75 Å². The lowest BCUT2D eigenvalue weighted by Crippen LogP contribution is -2.21. The van der Waals surface area contributed by atoms with Gasteiger partial charge in [0.2, 0.25) is 0 Å². The SMILES string of the molecule is Cc1cccc(NC(=O)COc2c(Cl)cc(/C=N/O)cc2Cl)c1C. The van der Waals surface area contributed by atoms with Crippen molar-refractivity contribution in [1.82, 2.24) is 0 Å². The summed E-state index contributed by atoms with van der Waals surface area (Å²) in [4.78, 5) is 12.1. The first-order valence-electron chi connectivity index (χ1n) is 7.07. The van der Waals surface area contributed by atoms with Crippen molar-refractivity contribution in [3.63, 3.8) is 0 Å². The third-order valence-electron chi connectivity index (χ3n) is 3.45. The number of benzene rings is 2. The Labute approximate surface area is 149 Å². The number of oxime groups is 1. The van der Waals surface area contributed by atoms with Crippen molar-refractivity contribution in [2.75, 3.05) is 11.9 Å². The number of hydrogen-bond donors (Lipinski definition) is 2. The molecule has 0 unspecified atom stereocenters. The summed E-state index contributed by atoms with van der Waals surface area (Å²) in [7, 11) is 0. The van der Waals surface area contributed by atoms with E-state index in [-0.39, 0.29) is 28.3 Å². The maximum absolute atomic E-state index is 12.1. The second kappa shape index (κ2) is 8.04. The highest BCUT2D eigenvalue weighted by Crippen LogP contribution is 2.33. The van der Waals surface area contributed by atoms with Crippen LogP contribution in [0.2, 0.25) is 10.0 Å². The number of hydrogen-bond acceptors (Lipinski definition) is 4.